The van der Waals surface area contributed by atoms with Crippen molar-refractivity contribution in [3.05, 3.63) is 52.4 Å². The lowest BCUT2D eigenvalue weighted by Crippen LogP contribution is -2.31. The SMILES string of the molecule is Cc1cc(-c2nccn2C)nc([C@H]2CCCN2C(=O)c2cccs2)n1. The molecule has 7 heteroatoms. The average molecular weight is 353 g/mol. The molecule has 4 rings (SSSR count). The van der Waals surface area contributed by atoms with Gasteiger partial charge in [-0.1, -0.05) is 6.07 Å². The molecule has 1 fully saturated rings. The zero-order valence-electron chi connectivity index (χ0n) is 14.2. The minimum Gasteiger partial charge on any atom is -0.333 e. The largest absolute Gasteiger partial charge is 0.333 e. The first-order chi connectivity index (χ1) is 12.1. The van der Waals surface area contributed by atoms with Gasteiger partial charge in [-0.15, -0.1) is 11.3 Å². The summed E-state index contributed by atoms with van der Waals surface area (Å²) >= 11 is 1.48. The number of thiophene rings is 1. The van der Waals surface area contributed by atoms with Crippen LogP contribution in [-0.2, 0) is 7.05 Å². The molecule has 0 saturated carbocycles. The molecule has 6 nitrogen and oxygen atoms in total. The van der Waals surface area contributed by atoms with Crippen molar-refractivity contribution in [1.82, 2.24) is 24.4 Å². The van der Waals surface area contributed by atoms with Gasteiger partial charge >= 0.3 is 0 Å². The van der Waals surface area contributed by atoms with E-state index in [1.807, 2.05) is 53.2 Å². The van der Waals surface area contributed by atoms with Crippen molar-refractivity contribution >= 4 is 17.2 Å². The summed E-state index contributed by atoms with van der Waals surface area (Å²) in [5, 5.41) is 1.93. The van der Waals surface area contributed by atoms with Crippen LogP contribution in [0.15, 0.2) is 36.0 Å². The lowest BCUT2D eigenvalue weighted by atomic mass is 10.2. The number of likely N-dealkylation sites (tertiary alicyclic amines) is 1. The highest BCUT2D eigenvalue weighted by atomic mass is 32.1. The second-order valence-corrected chi connectivity index (χ2v) is 7.20. The van der Waals surface area contributed by atoms with Crippen LogP contribution in [0.5, 0.6) is 0 Å². The molecule has 3 aromatic heterocycles. The molecule has 0 unspecified atom stereocenters. The van der Waals surface area contributed by atoms with Gasteiger partial charge in [-0.3, -0.25) is 4.79 Å². The fraction of sp³-hybridized carbons (Fsp3) is 0.333. The summed E-state index contributed by atoms with van der Waals surface area (Å²) in [5.74, 6) is 1.59. The first-order valence-corrected chi connectivity index (χ1v) is 9.19. The topological polar surface area (TPSA) is 63.9 Å². The highest BCUT2D eigenvalue weighted by molar-refractivity contribution is 7.12. The third-order valence-electron chi connectivity index (χ3n) is 4.47. The van der Waals surface area contributed by atoms with Crippen molar-refractivity contribution in [2.24, 2.45) is 7.05 Å². The molecule has 0 spiro atoms. The number of aromatic nitrogens is 4. The number of carbonyl (C=O) groups is 1. The standard InChI is InChI=1S/C18H19N5OS/c1-12-11-13(17-19-7-9-22(17)2)21-16(20-12)14-5-3-8-23(14)18(24)15-6-4-10-25-15/h4,6-7,9-11,14H,3,5,8H2,1-2H3/t14-/m1/s1. The summed E-state index contributed by atoms with van der Waals surface area (Å²) in [6, 6.07) is 5.64. The molecule has 0 aliphatic carbocycles. The molecule has 3 aromatic rings. The van der Waals surface area contributed by atoms with Crippen molar-refractivity contribution in [3.8, 4) is 11.5 Å². The molecule has 0 aromatic carbocycles. The summed E-state index contributed by atoms with van der Waals surface area (Å²) in [5.41, 5.74) is 1.68. The Bertz CT molecular complexity index is 902. The smallest absolute Gasteiger partial charge is 0.264 e. The van der Waals surface area contributed by atoms with E-state index >= 15 is 0 Å². The Kier molecular flexibility index (Phi) is 4.09. The van der Waals surface area contributed by atoms with Gasteiger partial charge in [0.25, 0.3) is 5.91 Å². The molecule has 0 radical (unpaired) electrons. The van der Waals surface area contributed by atoms with Gasteiger partial charge in [0, 0.05) is 31.7 Å². The molecule has 0 bridgehead atoms. The van der Waals surface area contributed by atoms with E-state index in [1.54, 1.807) is 6.20 Å². The summed E-state index contributed by atoms with van der Waals surface area (Å²) in [6.45, 7) is 2.70. The Morgan fingerprint density at radius 1 is 1.36 bits per heavy atom. The second kappa shape index (κ2) is 6.40. The summed E-state index contributed by atoms with van der Waals surface area (Å²) < 4.78 is 1.94. The molecule has 1 amide bonds. The molecule has 128 valence electrons. The van der Waals surface area contributed by atoms with Gasteiger partial charge in [0.15, 0.2) is 11.6 Å². The Hall–Kier alpha value is -2.54. The Morgan fingerprint density at radius 3 is 2.96 bits per heavy atom. The predicted molar refractivity (Wildman–Crippen MR) is 96.3 cm³/mol. The fourth-order valence-corrected chi connectivity index (χ4v) is 3.97. The van der Waals surface area contributed by atoms with E-state index in [0.29, 0.717) is 5.82 Å². The normalized spacial score (nSPS) is 17.2. The number of hydrogen-bond acceptors (Lipinski definition) is 5. The lowest BCUT2D eigenvalue weighted by molar-refractivity contribution is 0.0734. The molecule has 1 atom stereocenters. The number of amides is 1. The van der Waals surface area contributed by atoms with E-state index in [9.17, 15) is 4.79 Å². The van der Waals surface area contributed by atoms with Crippen molar-refractivity contribution < 1.29 is 4.79 Å². The van der Waals surface area contributed by atoms with Gasteiger partial charge in [0.05, 0.1) is 10.9 Å². The van der Waals surface area contributed by atoms with E-state index in [2.05, 4.69) is 9.97 Å². The first-order valence-electron chi connectivity index (χ1n) is 8.31. The molecule has 1 saturated heterocycles. The van der Waals surface area contributed by atoms with Crippen LogP contribution in [0.1, 0.15) is 40.1 Å². The molecule has 0 N–H and O–H groups in total. The summed E-state index contributed by atoms with van der Waals surface area (Å²) in [6.07, 6.45) is 5.51. The van der Waals surface area contributed by atoms with E-state index in [0.717, 1.165) is 41.5 Å². The van der Waals surface area contributed by atoms with E-state index < -0.39 is 0 Å². The predicted octanol–water partition coefficient (Wildman–Crippen LogP) is 3.22. The minimum absolute atomic E-state index is 0.0705. The molecular formula is C18H19N5OS. The molecular weight excluding hydrogens is 334 g/mol. The highest BCUT2D eigenvalue weighted by Crippen LogP contribution is 2.33. The van der Waals surface area contributed by atoms with Crippen LogP contribution in [0.2, 0.25) is 0 Å². The van der Waals surface area contributed by atoms with Crippen LogP contribution in [0.3, 0.4) is 0 Å². The van der Waals surface area contributed by atoms with Crippen molar-refractivity contribution in [2.75, 3.05) is 6.54 Å². The van der Waals surface area contributed by atoms with Crippen LogP contribution >= 0.6 is 11.3 Å². The Labute approximate surface area is 150 Å². The van der Waals surface area contributed by atoms with Gasteiger partial charge < -0.3 is 9.47 Å². The van der Waals surface area contributed by atoms with Gasteiger partial charge in [-0.2, -0.15) is 0 Å². The van der Waals surface area contributed by atoms with Crippen LogP contribution < -0.4 is 0 Å². The van der Waals surface area contributed by atoms with Crippen molar-refractivity contribution in [2.45, 2.75) is 25.8 Å². The van der Waals surface area contributed by atoms with Gasteiger partial charge in [0.1, 0.15) is 5.69 Å². The monoisotopic (exact) mass is 353 g/mol. The average Bonchev–Trinajstić information content (AvgIpc) is 3.34. The Balaban J connectivity index is 1.70. The highest BCUT2D eigenvalue weighted by Gasteiger charge is 2.33. The maximum absolute atomic E-state index is 12.8. The number of rotatable bonds is 3. The minimum atomic E-state index is -0.0754. The third-order valence-corrected chi connectivity index (χ3v) is 5.32. The number of imidazole rings is 1. The number of carbonyl (C=O) groups excluding carboxylic acids is 1. The maximum atomic E-state index is 12.8. The van der Waals surface area contributed by atoms with Crippen LogP contribution in [0.25, 0.3) is 11.5 Å². The van der Waals surface area contributed by atoms with Crippen molar-refractivity contribution in [3.63, 3.8) is 0 Å². The zero-order chi connectivity index (χ0) is 17.4. The number of nitrogens with zero attached hydrogens (tertiary/aromatic N) is 5. The van der Waals surface area contributed by atoms with Crippen LogP contribution in [0.4, 0.5) is 0 Å². The lowest BCUT2D eigenvalue weighted by Gasteiger charge is -2.23. The van der Waals surface area contributed by atoms with Gasteiger partial charge in [0.2, 0.25) is 0 Å². The number of hydrogen-bond donors (Lipinski definition) is 0. The van der Waals surface area contributed by atoms with E-state index in [-0.39, 0.29) is 11.9 Å². The molecule has 1 aliphatic rings. The zero-order valence-corrected chi connectivity index (χ0v) is 15.0. The Morgan fingerprint density at radius 2 is 2.24 bits per heavy atom. The quantitative estimate of drug-likeness (QED) is 0.725. The fourth-order valence-electron chi connectivity index (χ4n) is 3.29. The molecule has 25 heavy (non-hydrogen) atoms. The first kappa shape index (κ1) is 16.0. The number of aryl methyl sites for hydroxylation is 2. The van der Waals surface area contributed by atoms with Crippen LogP contribution in [-0.4, -0.2) is 36.9 Å². The van der Waals surface area contributed by atoms with Gasteiger partial charge in [-0.05, 0) is 37.3 Å². The van der Waals surface area contributed by atoms with Crippen molar-refractivity contribution in [1.29, 1.82) is 0 Å². The van der Waals surface area contributed by atoms with Crippen LogP contribution in [0, 0.1) is 6.92 Å². The maximum Gasteiger partial charge on any atom is 0.264 e. The second-order valence-electron chi connectivity index (χ2n) is 6.25. The van der Waals surface area contributed by atoms with E-state index in [4.69, 9.17) is 4.98 Å². The van der Waals surface area contributed by atoms with E-state index in [1.165, 1.54) is 11.3 Å². The molecule has 1 aliphatic heterocycles. The summed E-state index contributed by atoms with van der Waals surface area (Å²) in [4.78, 5) is 29.2. The summed E-state index contributed by atoms with van der Waals surface area (Å²) in [7, 11) is 1.95. The third kappa shape index (κ3) is 2.95. The molecule has 4 heterocycles. The van der Waals surface area contributed by atoms with Gasteiger partial charge in [-0.25, -0.2) is 15.0 Å².